The molecular formula is C19H15ClF2N2O4S2. The number of aryl methyl sites for hydroxylation is 1. The Labute approximate surface area is 177 Å². The van der Waals surface area contributed by atoms with E-state index in [4.69, 9.17) is 11.6 Å². The molecule has 0 saturated carbocycles. The summed E-state index contributed by atoms with van der Waals surface area (Å²) < 4.78 is 80.5. The van der Waals surface area contributed by atoms with Gasteiger partial charge in [-0.05, 0) is 67.1 Å². The first-order valence-corrected chi connectivity index (χ1v) is 11.7. The van der Waals surface area contributed by atoms with Crippen molar-refractivity contribution in [3.63, 3.8) is 0 Å². The molecule has 0 fully saturated rings. The number of hydrogen-bond donors (Lipinski definition) is 2. The minimum absolute atomic E-state index is 0.0680. The Morgan fingerprint density at radius 2 is 1.30 bits per heavy atom. The van der Waals surface area contributed by atoms with Gasteiger partial charge in [0, 0.05) is 11.4 Å². The molecule has 0 aliphatic carbocycles. The normalized spacial score (nSPS) is 11.9. The summed E-state index contributed by atoms with van der Waals surface area (Å²) in [4.78, 5) is -0.557. The molecule has 158 valence electrons. The zero-order valence-corrected chi connectivity index (χ0v) is 17.7. The molecule has 30 heavy (non-hydrogen) atoms. The van der Waals surface area contributed by atoms with Gasteiger partial charge in [-0.15, -0.1) is 0 Å². The van der Waals surface area contributed by atoms with Gasteiger partial charge in [-0.2, -0.15) is 0 Å². The van der Waals surface area contributed by atoms with Gasteiger partial charge in [-0.1, -0.05) is 17.7 Å². The summed E-state index contributed by atoms with van der Waals surface area (Å²) in [6.07, 6.45) is 0. The lowest BCUT2D eigenvalue weighted by Crippen LogP contribution is -2.15. The monoisotopic (exact) mass is 472 g/mol. The molecule has 0 radical (unpaired) electrons. The highest BCUT2D eigenvalue weighted by Gasteiger charge is 2.19. The number of benzene rings is 3. The van der Waals surface area contributed by atoms with Crippen molar-refractivity contribution in [3.8, 4) is 0 Å². The molecule has 0 aromatic heterocycles. The molecule has 0 unspecified atom stereocenters. The van der Waals surface area contributed by atoms with Crippen LogP contribution in [0.3, 0.4) is 0 Å². The number of sulfonamides is 2. The van der Waals surface area contributed by atoms with Crippen LogP contribution < -0.4 is 9.44 Å². The molecule has 3 aromatic carbocycles. The predicted molar refractivity (Wildman–Crippen MR) is 111 cm³/mol. The molecule has 0 spiro atoms. The topological polar surface area (TPSA) is 92.3 Å². The highest BCUT2D eigenvalue weighted by molar-refractivity contribution is 7.93. The van der Waals surface area contributed by atoms with Crippen molar-refractivity contribution < 1.29 is 25.6 Å². The zero-order valence-electron chi connectivity index (χ0n) is 15.4. The van der Waals surface area contributed by atoms with Crippen molar-refractivity contribution in [2.45, 2.75) is 16.7 Å². The molecule has 0 saturated heterocycles. The SMILES string of the molecule is Cc1ccc(S(=O)(=O)Nc2ccc(NS(=O)(=O)c3ccc(F)c(F)c3)cc2)c(Cl)c1. The number of nitrogens with one attached hydrogen (secondary N) is 2. The fourth-order valence-corrected chi connectivity index (χ4v) is 5.23. The molecule has 0 amide bonds. The lowest BCUT2D eigenvalue weighted by atomic mass is 10.2. The van der Waals surface area contributed by atoms with Gasteiger partial charge in [0.2, 0.25) is 0 Å². The molecule has 3 aromatic rings. The Morgan fingerprint density at radius 3 is 1.83 bits per heavy atom. The van der Waals surface area contributed by atoms with Gasteiger partial charge in [0.1, 0.15) is 4.90 Å². The smallest absolute Gasteiger partial charge is 0.263 e. The van der Waals surface area contributed by atoms with E-state index in [0.717, 1.165) is 11.6 Å². The molecule has 11 heteroatoms. The third kappa shape index (κ3) is 4.89. The first-order chi connectivity index (χ1) is 14.0. The van der Waals surface area contributed by atoms with E-state index in [1.807, 2.05) is 0 Å². The number of rotatable bonds is 6. The van der Waals surface area contributed by atoms with Crippen LogP contribution in [0.25, 0.3) is 0 Å². The van der Waals surface area contributed by atoms with E-state index in [1.54, 1.807) is 13.0 Å². The van der Waals surface area contributed by atoms with Crippen molar-refractivity contribution >= 4 is 43.0 Å². The van der Waals surface area contributed by atoms with Crippen LogP contribution in [0.4, 0.5) is 20.2 Å². The second-order valence-corrected chi connectivity index (χ2v) is 10.0. The Kier molecular flexibility index (Phi) is 6.02. The Morgan fingerprint density at radius 1 is 0.733 bits per heavy atom. The first-order valence-electron chi connectivity index (χ1n) is 8.35. The maximum atomic E-state index is 13.3. The molecule has 0 bridgehead atoms. The highest BCUT2D eigenvalue weighted by atomic mass is 35.5. The quantitative estimate of drug-likeness (QED) is 0.551. The average molecular weight is 473 g/mol. The molecule has 3 rings (SSSR count). The summed E-state index contributed by atoms with van der Waals surface area (Å²) in [5.74, 6) is -2.46. The van der Waals surface area contributed by atoms with Crippen LogP contribution in [0.1, 0.15) is 5.56 Å². The summed E-state index contributed by atoms with van der Waals surface area (Å²) in [7, 11) is -8.12. The summed E-state index contributed by atoms with van der Waals surface area (Å²) >= 11 is 6.01. The summed E-state index contributed by atoms with van der Waals surface area (Å²) in [6, 6.07) is 12.0. The van der Waals surface area contributed by atoms with Crippen molar-refractivity contribution in [2.24, 2.45) is 0 Å². The van der Waals surface area contributed by atoms with Crippen LogP contribution in [0.15, 0.2) is 70.5 Å². The van der Waals surface area contributed by atoms with Gasteiger partial charge in [-0.3, -0.25) is 9.44 Å². The summed E-state index contributed by atoms with van der Waals surface area (Å²) in [6.45, 7) is 1.77. The average Bonchev–Trinajstić information content (AvgIpc) is 2.64. The lowest BCUT2D eigenvalue weighted by Gasteiger charge is -2.12. The van der Waals surface area contributed by atoms with E-state index >= 15 is 0 Å². The standard InChI is InChI=1S/C19H15ClF2N2O4S2/c1-12-2-9-19(16(20)10-12)30(27,28)24-14-5-3-13(4-6-14)23-29(25,26)15-7-8-17(21)18(22)11-15/h2-11,23-24H,1H3. The first kappa shape index (κ1) is 22.0. The molecule has 0 aliphatic rings. The summed E-state index contributed by atoms with van der Waals surface area (Å²) in [5.41, 5.74) is 1.06. The van der Waals surface area contributed by atoms with Crippen LogP contribution >= 0.6 is 11.6 Å². The minimum atomic E-state index is -4.17. The molecule has 2 N–H and O–H groups in total. The number of anilines is 2. The Balaban J connectivity index is 1.78. The van der Waals surface area contributed by atoms with E-state index < -0.39 is 36.6 Å². The third-order valence-electron chi connectivity index (χ3n) is 3.97. The maximum absolute atomic E-state index is 13.3. The van der Waals surface area contributed by atoms with Crippen LogP contribution in [-0.2, 0) is 20.0 Å². The van der Waals surface area contributed by atoms with Crippen molar-refractivity contribution in [2.75, 3.05) is 9.44 Å². The molecular weight excluding hydrogens is 458 g/mol. The van der Waals surface area contributed by atoms with Crippen molar-refractivity contribution in [1.82, 2.24) is 0 Å². The van der Waals surface area contributed by atoms with Gasteiger partial charge in [-0.25, -0.2) is 25.6 Å². The Hall–Kier alpha value is -2.69. The fraction of sp³-hybridized carbons (Fsp3) is 0.0526. The lowest BCUT2D eigenvalue weighted by molar-refractivity contribution is 0.504. The van der Waals surface area contributed by atoms with Gasteiger partial charge in [0.25, 0.3) is 20.0 Å². The van der Waals surface area contributed by atoms with Crippen molar-refractivity contribution in [3.05, 3.63) is 82.9 Å². The van der Waals surface area contributed by atoms with Crippen LogP contribution in [0.2, 0.25) is 5.02 Å². The van der Waals surface area contributed by atoms with Crippen LogP contribution in [0.5, 0.6) is 0 Å². The largest absolute Gasteiger partial charge is 0.280 e. The van der Waals surface area contributed by atoms with Gasteiger partial charge in [0.15, 0.2) is 11.6 Å². The van der Waals surface area contributed by atoms with Gasteiger partial charge in [0.05, 0.1) is 9.92 Å². The van der Waals surface area contributed by atoms with E-state index in [1.165, 1.54) is 36.4 Å². The second-order valence-electron chi connectivity index (χ2n) is 6.30. The predicted octanol–water partition coefficient (Wildman–Crippen LogP) is 4.53. The van der Waals surface area contributed by atoms with Gasteiger partial charge >= 0.3 is 0 Å². The molecule has 0 atom stereocenters. The number of halogens is 3. The van der Waals surface area contributed by atoms with Crippen LogP contribution in [0, 0.1) is 18.6 Å². The van der Waals surface area contributed by atoms with E-state index in [2.05, 4.69) is 9.44 Å². The van der Waals surface area contributed by atoms with E-state index in [0.29, 0.717) is 12.1 Å². The molecule has 0 aliphatic heterocycles. The zero-order chi connectivity index (χ0) is 22.1. The second kappa shape index (κ2) is 8.21. The number of hydrogen-bond acceptors (Lipinski definition) is 4. The molecule has 0 heterocycles. The van der Waals surface area contributed by atoms with E-state index in [-0.39, 0.29) is 21.3 Å². The maximum Gasteiger partial charge on any atom is 0.263 e. The minimum Gasteiger partial charge on any atom is -0.280 e. The third-order valence-corrected chi connectivity index (χ3v) is 7.21. The van der Waals surface area contributed by atoms with Gasteiger partial charge < -0.3 is 0 Å². The van der Waals surface area contributed by atoms with E-state index in [9.17, 15) is 25.6 Å². The molecule has 6 nitrogen and oxygen atoms in total. The summed E-state index contributed by atoms with van der Waals surface area (Å²) in [5, 5.41) is 0.0680. The van der Waals surface area contributed by atoms with Crippen molar-refractivity contribution in [1.29, 1.82) is 0 Å². The fourth-order valence-electron chi connectivity index (χ4n) is 2.50. The highest BCUT2D eigenvalue weighted by Crippen LogP contribution is 2.26. The Bertz CT molecular complexity index is 1310. The van der Waals surface area contributed by atoms with Crippen LogP contribution in [-0.4, -0.2) is 16.8 Å².